The minimum atomic E-state index is -3.48. The van der Waals surface area contributed by atoms with Crippen molar-refractivity contribution in [3.05, 3.63) is 54.3 Å². The van der Waals surface area contributed by atoms with Crippen LogP contribution in [0.1, 0.15) is 0 Å². The van der Waals surface area contributed by atoms with Crippen LogP contribution in [-0.4, -0.2) is 40.8 Å². The van der Waals surface area contributed by atoms with E-state index in [1.807, 2.05) is 0 Å². The Morgan fingerprint density at radius 2 is 1.85 bits per heavy atom. The lowest BCUT2D eigenvalue weighted by Crippen LogP contribution is -2.21. The number of rotatable bonds is 5. The van der Waals surface area contributed by atoms with Crippen molar-refractivity contribution in [2.75, 3.05) is 11.6 Å². The van der Waals surface area contributed by atoms with Gasteiger partial charge in [-0.2, -0.15) is 4.80 Å². The molecular formula is C16H14FN5O3S. The summed E-state index contributed by atoms with van der Waals surface area (Å²) < 4.78 is 36.5. The SMILES string of the molecule is CS(=O)(=O)c1ccccc1NC(=O)Cn1nnc(-c2ccc(F)cc2)n1. The Balaban J connectivity index is 1.73. The van der Waals surface area contributed by atoms with Crippen molar-refractivity contribution in [1.29, 1.82) is 0 Å². The smallest absolute Gasteiger partial charge is 0.248 e. The number of nitrogens with one attached hydrogen (secondary N) is 1. The van der Waals surface area contributed by atoms with Crippen LogP contribution in [0.2, 0.25) is 0 Å². The molecule has 10 heteroatoms. The largest absolute Gasteiger partial charge is 0.323 e. The molecule has 0 unspecified atom stereocenters. The standard InChI is InChI=1S/C16H14FN5O3S/c1-26(24,25)14-5-3-2-4-13(14)18-15(23)10-22-20-16(19-21-22)11-6-8-12(17)9-7-11/h2-9H,10H2,1H3,(H,18,23). The molecule has 2 aromatic carbocycles. The highest BCUT2D eigenvalue weighted by molar-refractivity contribution is 7.90. The Bertz CT molecular complexity index is 1050. The Morgan fingerprint density at radius 1 is 1.15 bits per heavy atom. The third-order valence-electron chi connectivity index (χ3n) is 3.40. The number of hydrogen-bond donors (Lipinski definition) is 1. The Hall–Kier alpha value is -3.14. The minimum Gasteiger partial charge on any atom is -0.323 e. The second-order valence-corrected chi connectivity index (χ2v) is 7.45. The topological polar surface area (TPSA) is 107 Å². The lowest BCUT2D eigenvalue weighted by molar-refractivity contribution is -0.117. The summed E-state index contributed by atoms with van der Waals surface area (Å²) in [6.07, 6.45) is 1.06. The van der Waals surface area contributed by atoms with E-state index in [1.54, 1.807) is 12.1 Å². The zero-order valence-corrected chi connectivity index (χ0v) is 14.4. The van der Waals surface area contributed by atoms with Gasteiger partial charge in [-0.25, -0.2) is 12.8 Å². The molecule has 0 aliphatic heterocycles. The molecule has 3 rings (SSSR count). The molecule has 0 atom stereocenters. The molecule has 0 aliphatic rings. The number of carbonyl (C=O) groups excluding carboxylic acids is 1. The van der Waals surface area contributed by atoms with Crippen molar-refractivity contribution in [3.63, 3.8) is 0 Å². The van der Waals surface area contributed by atoms with Crippen molar-refractivity contribution >= 4 is 21.4 Å². The molecule has 3 aromatic rings. The summed E-state index contributed by atoms with van der Waals surface area (Å²) in [7, 11) is -3.48. The van der Waals surface area contributed by atoms with Crippen LogP contribution in [0, 0.1) is 5.82 Å². The number of aromatic nitrogens is 4. The summed E-state index contributed by atoms with van der Waals surface area (Å²) in [5, 5.41) is 14.2. The zero-order valence-electron chi connectivity index (χ0n) is 13.6. The number of anilines is 1. The predicted molar refractivity (Wildman–Crippen MR) is 91.4 cm³/mol. The van der Waals surface area contributed by atoms with Gasteiger partial charge in [0.1, 0.15) is 12.4 Å². The van der Waals surface area contributed by atoms with Gasteiger partial charge in [0.2, 0.25) is 11.7 Å². The van der Waals surface area contributed by atoms with Crippen molar-refractivity contribution in [1.82, 2.24) is 20.2 Å². The molecule has 1 N–H and O–H groups in total. The number of para-hydroxylation sites is 1. The molecule has 1 heterocycles. The van der Waals surface area contributed by atoms with E-state index < -0.39 is 15.7 Å². The Morgan fingerprint density at radius 3 is 2.54 bits per heavy atom. The maximum Gasteiger partial charge on any atom is 0.248 e. The molecule has 0 fully saturated rings. The summed E-state index contributed by atoms with van der Waals surface area (Å²) in [4.78, 5) is 13.3. The average molecular weight is 375 g/mol. The van der Waals surface area contributed by atoms with Crippen LogP contribution in [0.15, 0.2) is 53.4 Å². The summed E-state index contributed by atoms with van der Waals surface area (Å²) >= 11 is 0. The molecule has 0 aliphatic carbocycles. The fourth-order valence-corrected chi connectivity index (χ4v) is 3.08. The highest BCUT2D eigenvalue weighted by Crippen LogP contribution is 2.20. The molecule has 1 aromatic heterocycles. The van der Waals surface area contributed by atoms with Gasteiger partial charge in [-0.3, -0.25) is 4.79 Å². The van der Waals surface area contributed by atoms with Crippen molar-refractivity contribution < 1.29 is 17.6 Å². The number of halogens is 1. The van der Waals surface area contributed by atoms with E-state index in [4.69, 9.17) is 0 Å². The predicted octanol–water partition coefficient (Wildman–Crippen LogP) is 1.52. The van der Waals surface area contributed by atoms with E-state index in [2.05, 4.69) is 20.7 Å². The van der Waals surface area contributed by atoms with E-state index in [0.717, 1.165) is 11.1 Å². The fraction of sp³-hybridized carbons (Fsp3) is 0.125. The summed E-state index contributed by atoms with van der Waals surface area (Å²) in [5.41, 5.74) is 0.736. The van der Waals surface area contributed by atoms with Crippen LogP contribution in [0.25, 0.3) is 11.4 Å². The van der Waals surface area contributed by atoms with Gasteiger partial charge < -0.3 is 5.32 Å². The molecule has 0 saturated heterocycles. The van der Waals surface area contributed by atoms with Gasteiger partial charge in [0.15, 0.2) is 9.84 Å². The molecule has 0 spiro atoms. The summed E-state index contributed by atoms with van der Waals surface area (Å²) in [6.45, 7) is -0.258. The van der Waals surface area contributed by atoms with E-state index >= 15 is 0 Å². The van der Waals surface area contributed by atoms with E-state index in [0.29, 0.717) is 5.56 Å². The monoisotopic (exact) mass is 375 g/mol. The van der Waals surface area contributed by atoms with E-state index in [1.165, 1.54) is 36.4 Å². The molecule has 134 valence electrons. The fourth-order valence-electron chi connectivity index (χ4n) is 2.24. The number of benzene rings is 2. The van der Waals surface area contributed by atoms with E-state index in [9.17, 15) is 17.6 Å². The number of tetrazole rings is 1. The molecule has 8 nitrogen and oxygen atoms in total. The number of carbonyl (C=O) groups is 1. The first-order valence-corrected chi connectivity index (χ1v) is 9.35. The Kier molecular flexibility index (Phi) is 4.76. The van der Waals surface area contributed by atoms with Crippen LogP contribution in [-0.2, 0) is 21.2 Å². The first kappa shape index (κ1) is 17.7. The van der Waals surface area contributed by atoms with Gasteiger partial charge in [-0.15, -0.1) is 10.2 Å². The number of sulfone groups is 1. The van der Waals surface area contributed by atoms with Gasteiger partial charge in [0.25, 0.3) is 0 Å². The molecule has 26 heavy (non-hydrogen) atoms. The summed E-state index contributed by atoms with van der Waals surface area (Å²) in [5.74, 6) is -0.649. The second-order valence-electron chi connectivity index (χ2n) is 5.47. The second kappa shape index (κ2) is 7.00. The maximum atomic E-state index is 12.9. The third-order valence-corrected chi connectivity index (χ3v) is 4.56. The lowest BCUT2D eigenvalue weighted by atomic mass is 10.2. The van der Waals surface area contributed by atoms with E-state index in [-0.39, 0.29) is 28.8 Å². The first-order valence-electron chi connectivity index (χ1n) is 7.45. The normalized spacial score (nSPS) is 11.3. The average Bonchev–Trinajstić information content (AvgIpc) is 3.03. The molecule has 0 bridgehead atoms. The van der Waals surface area contributed by atoms with Crippen LogP contribution in [0.5, 0.6) is 0 Å². The molecule has 1 amide bonds. The van der Waals surface area contributed by atoms with Crippen LogP contribution in [0.3, 0.4) is 0 Å². The van der Waals surface area contributed by atoms with Crippen molar-refractivity contribution in [2.24, 2.45) is 0 Å². The van der Waals surface area contributed by atoms with Gasteiger partial charge in [0.05, 0.1) is 10.6 Å². The van der Waals surface area contributed by atoms with Crippen LogP contribution < -0.4 is 5.32 Å². The minimum absolute atomic E-state index is 0.0203. The lowest BCUT2D eigenvalue weighted by Gasteiger charge is -2.09. The van der Waals surface area contributed by atoms with Gasteiger partial charge in [0, 0.05) is 11.8 Å². The Labute approximate surface area is 148 Å². The van der Waals surface area contributed by atoms with Crippen molar-refractivity contribution in [2.45, 2.75) is 11.4 Å². The number of amides is 1. The molecule has 0 radical (unpaired) electrons. The first-order chi connectivity index (χ1) is 12.3. The number of hydrogen-bond acceptors (Lipinski definition) is 6. The quantitative estimate of drug-likeness (QED) is 0.725. The van der Waals surface area contributed by atoms with Crippen molar-refractivity contribution in [3.8, 4) is 11.4 Å². The molecular weight excluding hydrogens is 361 g/mol. The van der Waals surface area contributed by atoms with Crippen LogP contribution in [0.4, 0.5) is 10.1 Å². The van der Waals surface area contributed by atoms with Crippen LogP contribution >= 0.6 is 0 Å². The molecule has 0 saturated carbocycles. The third kappa shape index (κ3) is 4.09. The van der Waals surface area contributed by atoms with Gasteiger partial charge >= 0.3 is 0 Å². The highest BCUT2D eigenvalue weighted by atomic mass is 32.2. The zero-order chi connectivity index (χ0) is 18.7. The summed E-state index contributed by atoms with van der Waals surface area (Å²) in [6, 6.07) is 11.6. The highest BCUT2D eigenvalue weighted by Gasteiger charge is 2.15. The number of nitrogens with zero attached hydrogens (tertiary/aromatic N) is 4. The maximum absolute atomic E-state index is 12.9. The van der Waals surface area contributed by atoms with Gasteiger partial charge in [-0.05, 0) is 41.6 Å². The van der Waals surface area contributed by atoms with Gasteiger partial charge in [-0.1, -0.05) is 12.1 Å².